The molecule has 2 aromatic rings. The lowest BCUT2D eigenvalue weighted by atomic mass is 9.89. The zero-order valence-corrected chi connectivity index (χ0v) is 28.5. The van der Waals surface area contributed by atoms with Gasteiger partial charge in [0.1, 0.15) is 12.1 Å². The zero-order valence-electron chi connectivity index (χ0n) is 27.8. The van der Waals surface area contributed by atoms with Gasteiger partial charge in [0.2, 0.25) is 23.5 Å². The SMILES string of the molecule is CC(=O)N[C@@H](CC1=CC=C(O)CC1)C(=O)NC(C(=O)N[C@@H](C)C(=O)C(=N)[C@@H](CC(=O)O)C(=O)c1ncc(-c2c(C)cccc2Cl)o1)C(C)C. The molecule has 4 atom stereocenters. The maximum Gasteiger partial charge on any atom is 0.304 e. The first kappa shape index (κ1) is 38.3. The van der Waals surface area contributed by atoms with Crippen molar-refractivity contribution in [1.29, 1.82) is 5.41 Å². The van der Waals surface area contributed by atoms with Crippen LogP contribution in [0.5, 0.6) is 0 Å². The first-order valence-corrected chi connectivity index (χ1v) is 15.9. The van der Waals surface area contributed by atoms with Crippen LogP contribution < -0.4 is 16.0 Å². The van der Waals surface area contributed by atoms with Crippen LogP contribution in [0.4, 0.5) is 0 Å². The van der Waals surface area contributed by atoms with Crippen LogP contribution in [0.25, 0.3) is 11.3 Å². The number of amides is 3. The number of halogens is 1. The molecule has 0 radical (unpaired) electrons. The molecule has 1 heterocycles. The largest absolute Gasteiger partial charge is 0.512 e. The molecule has 0 saturated heterocycles. The Hall–Kier alpha value is -5.11. The minimum atomic E-state index is -1.78. The number of carbonyl (C=O) groups excluding carboxylic acids is 5. The number of Topliss-reactive ketones (excluding diaryl/α,β-unsaturated/α-hetero) is 2. The molecular weight excluding hydrogens is 658 g/mol. The van der Waals surface area contributed by atoms with E-state index in [9.17, 15) is 39.0 Å². The summed E-state index contributed by atoms with van der Waals surface area (Å²) in [6.07, 6.45) is 4.50. The summed E-state index contributed by atoms with van der Waals surface area (Å²) in [7, 11) is 0. The first-order chi connectivity index (χ1) is 23.0. The van der Waals surface area contributed by atoms with E-state index >= 15 is 0 Å². The van der Waals surface area contributed by atoms with Crippen LogP contribution in [0.3, 0.4) is 0 Å². The average molecular weight is 698 g/mol. The Morgan fingerprint density at radius 1 is 1.02 bits per heavy atom. The number of allylic oxidation sites excluding steroid dienone is 3. The Morgan fingerprint density at radius 3 is 2.29 bits per heavy atom. The summed E-state index contributed by atoms with van der Waals surface area (Å²) in [5, 5.41) is 35.6. The molecule has 15 heteroatoms. The topological polar surface area (TPSA) is 229 Å². The van der Waals surface area contributed by atoms with Crippen LogP contribution in [-0.2, 0) is 24.0 Å². The van der Waals surface area contributed by atoms with E-state index in [-0.39, 0.29) is 17.9 Å². The molecule has 1 unspecified atom stereocenters. The standard InChI is InChI=1S/C34H40ClN5O9/c1-16(2)29(40-32(47)24(39-19(5)41)13-20-9-11-21(42)12-10-20)33(48)38-18(4)30(45)28(36)22(14-26(43)44)31(46)34-37-15-25(49-34)27-17(3)7-6-8-23(27)35/h6-9,11,15-16,18,22,24,29,36,42H,10,12-14H2,1-5H3,(H,38,48)(H,39,41)(H,40,47)(H,43,44)/t18-,22+,24-,29?/m0/s1. The fraction of sp³-hybridized carbons (Fsp3) is 0.412. The molecule has 1 aromatic carbocycles. The van der Waals surface area contributed by atoms with Gasteiger partial charge in [-0.1, -0.05) is 49.2 Å². The van der Waals surface area contributed by atoms with Gasteiger partial charge in [0.15, 0.2) is 11.5 Å². The van der Waals surface area contributed by atoms with Crippen molar-refractivity contribution in [3.63, 3.8) is 0 Å². The highest BCUT2D eigenvalue weighted by molar-refractivity contribution is 6.45. The number of aliphatic carboxylic acids is 1. The number of hydrogen-bond acceptors (Lipinski definition) is 10. The van der Waals surface area contributed by atoms with Gasteiger partial charge in [-0.25, -0.2) is 4.98 Å². The summed E-state index contributed by atoms with van der Waals surface area (Å²) >= 11 is 6.29. The Balaban J connectivity index is 1.75. The minimum absolute atomic E-state index is 0.133. The van der Waals surface area contributed by atoms with Crippen molar-refractivity contribution in [2.45, 2.75) is 78.4 Å². The summed E-state index contributed by atoms with van der Waals surface area (Å²) < 4.78 is 5.60. The van der Waals surface area contributed by atoms with E-state index in [1.165, 1.54) is 26.1 Å². The van der Waals surface area contributed by atoms with Gasteiger partial charge in [-0.2, -0.15) is 0 Å². The number of nitrogens with zero attached hydrogens (tertiary/aromatic N) is 1. The molecule has 0 saturated carbocycles. The molecule has 1 aliphatic rings. The molecule has 6 N–H and O–H groups in total. The Morgan fingerprint density at radius 2 is 1.71 bits per heavy atom. The monoisotopic (exact) mass is 697 g/mol. The van der Waals surface area contributed by atoms with Crippen LogP contribution in [-0.4, -0.2) is 74.3 Å². The molecule has 3 rings (SSSR count). The second-order valence-electron chi connectivity index (χ2n) is 12.2. The lowest BCUT2D eigenvalue weighted by molar-refractivity contribution is -0.137. The summed E-state index contributed by atoms with van der Waals surface area (Å²) in [4.78, 5) is 80.8. The van der Waals surface area contributed by atoms with Gasteiger partial charge in [-0.05, 0) is 50.3 Å². The number of rotatable bonds is 16. The Bertz CT molecular complexity index is 1690. The van der Waals surface area contributed by atoms with E-state index < -0.39 is 83.2 Å². The van der Waals surface area contributed by atoms with Crippen LogP contribution in [0.15, 0.2) is 52.3 Å². The predicted octanol–water partition coefficient (Wildman–Crippen LogP) is 3.87. The molecule has 1 aliphatic carbocycles. The molecule has 1 aromatic heterocycles. The van der Waals surface area contributed by atoms with Crippen LogP contribution in [0, 0.1) is 24.2 Å². The van der Waals surface area contributed by atoms with E-state index in [1.54, 1.807) is 45.0 Å². The number of nitrogens with one attached hydrogen (secondary N) is 4. The number of aryl methyl sites for hydroxylation is 1. The highest BCUT2D eigenvalue weighted by Crippen LogP contribution is 2.32. The van der Waals surface area contributed by atoms with Gasteiger partial charge in [0.05, 0.1) is 41.1 Å². The van der Waals surface area contributed by atoms with E-state index in [0.717, 1.165) is 11.1 Å². The third-order valence-corrected chi connectivity index (χ3v) is 8.18. The number of hydrogen-bond donors (Lipinski definition) is 6. The molecule has 49 heavy (non-hydrogen) atoms. The van der Waals surface area contributed by atoms with Crippen LogP contribution >= 0.6 is 11.6 Å². The van der Waals surface area contributed by atoms with Gasteiger partial charge in [0.25, 0.3) is 5.89 Å². The van der Waals surface area contributed by atoms with Crippen LogP contribution in [0.2, 0.25) is 5.02 Å². The zero-order chi connectivity index (χ0) is 36.6. The fourth-order valence-electron chi connectivity index (χ4n) is 5.22. The first-order valence-electron chi connectivity index (χ1n) is 15.5. The summed E-state index contributed by atoms with van der Waals surface area (Å²) in [5.74, 6) is -7.89. The van der Waals surface area contributed by atoms with Crippen molar-refractivity contribution in [3.05, 3.63) is 64.4 Å². The maximum absolute atomic E-state index is 13.4. The number of ketones is 2. The van der Waals surface area contributed by atoms with Gasteiger partial charge >= 0.3 is 5.97 Å². The van der Waals surface area contributed by atoms with Crippen molar-refractivity contribution < 1.29 is 43.4 Å². The molecule has 0 bridgehead atoms. The number of carboxylic acids is 1. The van der Waals surface area contributed by atoms with Crippen molar-refractivity contribution >= 4 is 52.6 Å². The van der Waals surface area contributed by atoms with Crippen LogP contribution in [0.1, 0.15) is 69.6 Å². The summed E-state index contributed by atoms with van der Waals surface area (Å²) in [5.41, 5.74) is 1.11. The minimum Gasteiger partial charge on any atom is -0.512 e. The maximum atomic E-state index is 13.4. The molecule has 3 amide bonds. The van der Waals surface area contributed by atoms with Gasteiger partial charge < -0.3 is 36.0 Å². The predicted molar refractivity (Wildman–Crippen MR) is 179 cm³/mol. The third-order valence-electron chi connectivity index (χ3n) is 7.87. The molecular formula is C34H40ClN5O9. The highest BCUT2D eigenvalue weighted by Gasteiger charge is 2.37. The number of aromatic nitrogens is 1. The van der Waals surface area contributed by atoms with E-state index in [4.69, 9.17) is 21.4 Å². The van der Waals surface area contributed by atoms with E-state index in [1.807, 2.05) is 0 Å². The molecule has 14 nitrogen and oxygen atoms in total. The van der Waals surface area contributed by atoms with Crippen molar-refractivity contribution in [2.75, 3.05) is 0 Å². The highest BCUT2D eigenvalue weighted by atomic mass is 35.5. The van der Waals surface area contributed by atoms with Gasteiger partial charge in [-0.15, -0.1) is 0 Å². The van der Waals surface area contributed by atoms with E-state index in [2.05, 4.69) is 20.9 Å². The van der Waals surface area contributed by atoms with Crippen molar-refractivity contribution in [3.8, 4) is 11.3 Å². The average Bonchev–Trinajstić information content (AvgIpc) is 3.51. The second kappa shape index (κ2) is 16.8. The Kier molecular flexibility index (Phi) is 13.2. The normalized spacial score (nSPS) is 15.2. The number of carbonyl (C=O) groups is 6. The summed E-state index contributed by atoms with van der Waals surface area (Å²) in [6.45, 7) is 7.58. The molecule has 0 aliphatic heterocycles. The number of oxazole rings is 1. The quantitative estimate of drug-likeness (QED) is 0.110. The van der Waals surface area contributed by atoms with Gasteiger partial charge in [-0.3, -0.25) is 28.8 Å². The number of benzene rings is 1. The number of aliphatic hydroxyl groups is 1. The lowest BCUT2D eigenvalue weighted by Gasteiger charge is -2.27. The lowest BCUT2D eigenvalue weighted by Crippen LogP contribution is -2.57. The van der Waals surface area contributed by atoms with Gasteiger partial charge in [0, 0.05) is 18.9 Å². The van der Waals surface area contributed by atoms with Crippen molar-refractivity contribution in [1.82, 2.24) is 20.9 Å². The summed E-state index contributed by atoms with van der Waals surface area (Å²) in [6, 6.07) is 1.50. The molecule has 262 valence electrons. The van der Waals surface area contributed by atoms with E-state index in [0.29, 0.717) is 23.4 Å². The molecule has 0 spiro atoms. The van der Waals surface area contributed by atoms with Crippen molar-refractivity contribution in [2.24, 2.45) is 11.8 Å². The third kappa shape index (κ3) is 10.2. The number of aliphatic hydroxyl groups excluding tert-OH is 1. The second-order valence-corrected chi connectivity index (χ2v) is 12.6. The smallest absolute Gasteiger partial charge is 0.304 e. The molecule has 0 fully saturated rings. The fourth-order valence-corrected chi connectivity index (χ4v) is 5.53. The Labute approximate surface area is 287 Å². The number of carboxylic acid groups (broad SMARTS) is 1.